The first-order chi connectivity index (χ1) is 9.33. The van der Waals surface area contributed by atoms with Crippen LogP contribution < -0.4 is 10.5 Å². The Morgan fingerprint density at radius 3 is 3.00 bits per heavy atom. The van der Waals surface area contributed by atoms with Crippen molar-refractivity contribution < 1.29 is 4.74 Å². The number of thiazole rings is 1. The summed E-state index contributed by atoms with van der Waals surface area (Å²) in [6.45, 7) is 0.620. The van der Waals surface area contributed by atoms with Crippen LogP contribution in [0.2, 0.25) is 0 Å². The van der Waals surface area contributed by atoms with Crippen molar-refractivity contribution in [1.29, 1.82) is 0 Å². The maximum absolute atomic E-state index is 5.58. The third-order valence-electron chi connectivity index (χ3n) is 3.04. The first-order valence-corrected chi connectivity index (χ1v) is 7.00. The van der Waals surface area contributed by atoms with E-state index >= 15 is 0 Å². The van der Waals surface area contributed by atoms with Gasteiger partial charge >= 0.3 is 0 Å². The standard InChI is InChI=1S/C14H15N3OS/c1-18-13-5-3-2-4-11(13)12-9-19-14-16-10(6-7-15)8-17(12)14/h2-5,8-9H,6-7,15H2,1H3. The van der Waals surface area contributed by atoms with Crippen LogP contribution in [0.15, 0.2) is 35.8 Å². The zero-order valence-corrected chi connectivity index (χ0v) is 11.5. The molecule has 19 heavy (non-hydrogen) atoms. The zero-order chi connectivity index (χ0) is 13.2. The summed E-state index contributed by atoms with van der Waals surface area (Å²) in [4.78, 5) is 5.55. The van der Waals surface area contributed by atoms with Gasteiger partial charge in [-0.15, -0.1) is 11.3 Å². The first-order valence-electron chi connectivity index (χ1n) is 6.12. The highest BCUT2D eigenvalue weighted by Gasteiger charge is 2.12. The molecule has 2 heterocycles. The second kappa shape index (κ2) is 5.03. The van der Waals surface area contributed by atoms with Crippen molar-refractivity contribution in [2.75, 3.05) is 13.7 Å². The Bertz CT molecular complexity index is 702. The molecule has 0 bridgehead atoms. The van der Waals surface area contributed by atoms with Crippen LogP contribution in [0.4, 0.5) is 0 Å². The van der Waals surface area contributed by atoms with Gasteiger partial charge in [-0.3, -0.25) is 4.40 Å². The molecule has 0 fully saturated rings. The Morgan fingerprint density at radius 1 is 1.37 bits per heavy atom. The van der Waals surface area contributed by atoms with Crippen LogP contribution in [0.3, 0.4) is 0 Å². The van der Waals surface area contributed by atoms with Gasteiger partial charge in [-0.1, -0.05) is 12.1 Å². The number of nitrogens with two attached hydrogens (primary N) is 1. The normalized spacial score (nSPS) is 11.1. The van der Waals surface area contributed by atoms with Gasteiger partial charge in [0.1, 0.15) is 5.75 Å². The summed E-state index contributed by atoms with van der Waals surface area (Å²) in [6.07, 6.45) is 2.86. The Kier molecular flexibility index (Phi) is 3.23. The van der Waals surface area contributed by atoms with E-state index in [4.69, 9.17) is 10.5 Å². The second-order valence-electron chi connectivity index (χ2n) is 4.24. The van der Waals surface area contributed by atoms with Crippen molar-refractivity contribution in [1.82, 2.24) is 9.38 Å². The summed E-state index contributed by atoms with van der Waals surface area (Å²) in [6, 6.07) is 8.01. The number of rotatable bonds is 4. The molecule has 0 atom stereocenters. The minimum atomic E-state index is 0.620. The molecular formula is C14H15N3OS. The van der Waals surface area contributed by atoms with Crippen LogP contribution in [0, 0.1) is 0 Å². The number of aromatic nitrogens is 2. The maximum Gasteiger partial charge on any atom is 0.194 e. The lowest BCUT2D eigenvalue weighted by Crippen LogP contribution is -2.02. The monoisotopic (exact) mass is 273 g/mol. The van der Waals surface area contributed by atoms with Gasteiger partial charge in [0, 0.05) is 23.6 Å². The molecule has 4 nitrogen and oxygen atoms in total. The van der Waals surface area contributed by atoms with Gasteiger partial charge in [0.2, 0.25) is 0 Å². The number of methoxy groups -OCH3 is 1. The fourth-order valence-electron chi connectivity index (χ4n) is 2.15. The van der Waals surface area contributed by atoms with Gasteiger partial charge < -0.3 is 10.5 Å². The van der Waals surface area contributed by atoms with Gasteiger partial charge in [-0.2, -0.15) is 0 Å². The molecule has 0 aliphatic rings. The average molecular weight is 273 g/mol. The minimum absolute atomic E-state index is 0.620. The number of hydrogen-bond acceptors (Lipinski definition) is 4. The first kappa shape index (κ1) is 12.2. The zero-order valence-electron chi connectivity index (χ0n) is 10.7. The quantitative estimate of drug-likeness (QED) is 0.795. The van der Waals surface area contributed by atoms with Crippen LogP contribution in [0.1, 0.15) is 5.69 Å². The molecule has 0 radical (unpaired) electrons. The summed E-state index contributed by atoms with van der Waals surface area (Å²) < 4.78 is 7.53. The van der Waals surface area contributed by atoms with Gasteiger partial charge in [0.25, 0.3) is 0 Å². The van der Waals surface area contributed by atoms with Crippen LogP contribution >= 0.6 is 11.3 Å². The molecule has 0 amide bonds. The smallest absolute Gasteiger partial charge is 0.194 e. The number of ether oxygens (including phenoxy) is 1. The summed E-state index contributed by atoms with van der Waals surface area (Å²) in [7, 11) is 1.69. The average Bonchev–Trinajstić information content (AvgIpc) is 2.99. The van der Waals surface area contributed by atoms with Crippen molar-refractivity contribution in [2.45, 2.75) is 6.42 Å². The van der Waals surface area contributed by atoms with Crippen molar-refractivity contribution in [3.05, 3.63) is 41.5 Å². The van der Waals surface area contributed by atoms with E-state index in [2.05, 4.69) is 27.0 Å². The highest BCUT2D eigenvalue weighted by Crippen LogP contribution is 2.32. The van der Waals surface area contributed by atoms with Crippen LogP contribution in [0.5, 0.6) is 5.75 Å². The lowest BCUT2D eigenvalue weighted by atomic mass is 10.1. The maximum atomic E-state index is 5.58. The van der Waals surface area contributed by atoms with Crippen molar-refractivity contribution in [3.63, 3.8) is 0 Å². The molecule has 0 spiro atoms. The summed E-state index contributed by atoms with van der Waals surface area (Å²) in [5, 5.41) is 2.10. The molecule has 98 valence electrons. The Balaban J connectivity index is 2.14. The van der Waals surface area contributed by atoms with E-state index < -0.39 is 0 Å². The van der Waals surface area contributed by atoms with Crippen molar-refractivity contribution in [2.24, 2.45) is 5.73 Å². The van der Waals surface area contributed by atoms with Crippen LogP contribution in [-0.4, -0.2) is 23.0 Å². The molecule has 3 rings (SSSR count). The highest BCUT2D eigenvalue weighted by molar-refractivity contribution is 7.15. The van der Waals surface area contributed by atoms with Gasteiger partial charge in [0.05, 0.1) is 18.5 Å². The van der Waals surface area contributed by atoms with Gasteiger partial charge in [0.15, 0.2) is 4.96 Å². The number of nitrogens with zero attached hydrogens (tertiary/aromatic N) is 2. The van der Waals surface area contributed by atoms with E-state index in [0.717, 1.165) is 34.1 Å². The van der Waals surface area contributed by atoms with Crippen LogP contribution in [0.25, 0.3) is 16.2 Å². The molecule has 3 aromatic rings. The van der Waals surface area contributed by atoms with E-state index in [-0.39, 0.29) is 0 Å². The van der Waals surface area contributed by atoms with E-state index in [1.165, 1.54) is 0 Å². The minimum Gasteiger partial charge on any atom is -0.496 e. The fourth-order valence-corrected chi connectivity index (χ4v) is 3.04. The topological polar surface area (TPSA) is 52.5 Å². The molecule has 1 aromatic carbocycles. The summed E-state index contributed by atoms with van der Waals surface area (Å²) >= 11 is 1.63. The molecule has 0 saturated heterocycles. The number of imidazole rings is 1. The predicted molar refractivity (Wildman–Crippen MR) is 77.8 cm³/mol. The third-order valence-corrected chi connectivity index (χ3v) is 3.88. The Labute approximate surface area is 115 Å². The third kappa shape index (κ3) is 2.11. The van der Waals surface area contributed by atoms with E-state index in [0.29, 0.717) is 6.54 Å². The van der Waals surface area contributed by atoms with E-state index in [1.807, 2.05) is 18.2 Å². The molecule has 2 aromatic heterocycles. The molecule has 5 heteroatoms. The van der Waals surface area contributed by atoms with E-state index in [9.17, 15) is 0 Å². The number of hydrogen-bond donors (Lipinski definition) is 1. The van der Waals surface area contributed by atoms with Crippen LogP contribution in [-0.2, 0) is 6.42 Å². The highest BCUT2D eigenvalue weighted by atomic mass is 32.1. The summed E-state index contributed by atoms with van der Waals surface area (Å²) in [5.41, 5.74) is 8.79. The van der Waals surface area contributed by atoms with Gasteiger partial charge in [-0.25, -0.2) is 4.98 Å². The largest absolute Gasteiger partial charge is 0.496 e. The molecule has 0 saturated carbocycles. The second-order valence-corrected chi connectivity index (χ2v) is 5.08. The number of fused-ring (bicyclic) bond motifs is 1. The predicted octanol–water partition coefficient (Wildman–Crippen LogP) is 2.57. The lowest BCUT2D eigenvalue weighted by Gasteiger charge is -2.06. The lowest BCUT2D eigenvalue weighted by molar-refractivity contribution is 0.416. The van der Waals surface area contributed by atoms with Gasteiger partial charge in [-0.05, 0) is 18.7 Å². The Hall–Kier alpha value is -1.85. The molecule has 2 N–H and O–H groups in total. The number of benzene rings is 1. The van der Waals surface area contributed by atoms with Crippen molar-refractivity contribution >= 4 is 16.3 Å². The summed E-state index contributed by atoms with van der Waals surface area (Å²) in [5.74, 6) is 0.872. The fraction of sp³-hybridized carbons (Fsp3) is 0.214. The SMILES string of the molecule is COc1ccccc1-c1csc2nc(CCN)cn12. The Morgan fingerprint density at radius 2 is 2.21 bits per heavy atom. The van der Waals surface area contributed by atoms with E-state index in [1.54, 1.807) is 18.4 Å². The van der Waals surface area contributed by atoms with Crippen molar-refractivity contribution in [3.8, 4) is 17.0 Å². The molecule has 0 aliphatic heterocycles. The molecule has 0 aliphatic carbocycles. The molecular weight excluding hydrogens is 258 g/mol. The molecule has 0 unspecified atom stereocenters. The number of para-hydroxylation sites is 1.